The van der Waals surface area contributed by atoms with E-state index >= 15 is 0 Å². The van der Waals surface area contributed by atoms with Crippen LogP contribution < -0.4 is 5.32 Å². The van der Waals surface area contributed by atoms with Crippen molar-refractivity contribution < 1.29 is 14.3 Å². The van der Waals surface area contributed by atoms with Crippen molar-refractivity contribution in [1.29, 1.82) is 0 Å². The number of carbonyl (C=O) groups excluding carboxylic acids is 1. The minimum Gasteiger partial charge on any atom is -0.465 e. The predicted molar refractivity (Wildman–Crippen MR) is 72.1 cm³/mol. The van der Waals surface area contributed by atoms with E-state index in [0.717, 1.165) is 11.3 Å². The van der Waals surface area contributed by atoms with E-state index in [1.165, 1.54) is 7.11 Å². The first kappa shape index (κ1) is 14.5. The molecule has 0 aliphatic heterocycles. The van der Waals surface area contributed by atoms with Crippen LogP contribution in [-0.2, 0) is 9.47 Å². The molecule has 0 aromatic heterocycles. The van der Waals surface area contributed by atoms with Gasteiger partial charge in [0.15, 0.2) is 0 Å². The summed E-state index contributed by atoms with van der Waals surface area (Å²) in [6, 6.07) is 5.65. The van der Waals surface area contributed by atoms with Gasteiger partial charge >= 0.3 is 5.97 Å². The molecule has 18 heavy (non-hydrogen) atoms. The molecule has 0 fully saturated rings. The van der Waals surface area contributed by atoms with Crippen molar-refractivity contribution in [3.8, 4) is 0 Å². The number of esters is 1. The molecule has 1 N–H and O–H groups in total. The largest absolute Gasteiger partial charge is 0.465 e. The van der Waals surface area contributed by atoms with Gasteiger partial charge in [0.05, 0.1) is 18.8 Å². The normalized spacial score (nSPS) is 13.8. The number of aryl methyl sites for hydroxylation is 1. The van der Waals surface area contributed by atoms with Gasteiger partial charge in [-0.3, -0.25) is 0 Å². The van der Waals surface area contributed by atoms with Crippen LogP contribution in [-0.4, -0.2) is 32.3 Å². The van der Waals surface area contributed by atoms with E-state index in [1.807, 2.05) is 26.0 Å². The number of hydrogen-bond acceptors (Lipinski definition) is 4. The maximum Gasteiger partial charge on any atom is 0.337 e. The lowest BCUT2D eigenvalue weighted by Crippen LogP contribution is -2.30. The van der Waals surface area contributed by atoms with Crippen molar-refractivity contribution in [2.24, 2.45) is 0 Å². The number of rotatable bonds is 5. The average molecular weight is 251 g/mol. The zero-order valence-electron chi connectivity index (χ0n) is 11.6. The molecule has 0 saturated carbocycles. The summed E-state index contributed by atoms with van der Waals surface area (Å²) in [5.41, 5.74) is 2.57. The van der Waals surface area contributed by atoms with Gasteiger partial charge in [-0.1, -0.05) is 0 Å². The van der Waals surface area contributed by atoms with Crippen LogP contribution in [0.3, 0.4) is 0 Å². The SMILES string of the molecule is COC(=O)c1ccc(NC(C)C(C)OC)c(C)c1. The number of carbonyl (C=O) groups is 1. The van der Waals surface area contributed by atoms with E-state index < -0.39 is 0 Å². The molecule has 1 aromatic rings. The molecule has 0 spiro atoms. The Morgan fingerprint density at radius 2 is 1.94 bits per heavy atom. The predicted octanol–water partition coefficient (Wildman–Crippen LogP) is 2.62. The van der Waals surface area contributed by atoms with Crippen LogP contribution in [0, 0.1) is 6.92 Å². The second kappa shape index (κ2) is 6.40. The molecule has 0 saturated heterocycles. The highest BCUT2D eigenvalue weighted by atomic mass is 16.5. The van der Waals surface area contributed by atoms with Crippen LogP contribution in [0.15, 0.2) is 18.2 Å². The Morgan fingerprint density at radius 1 is 1.28 bits per heavy atom. The fraction of sp³-hybridized carbons (Fsp3) is 0.500. The number of ether oxygens (including phenoxy) is 2. The summed E-state index contributed by atoms with van der Waals surface area (Å²) in [4.78, 5) is 11.4. The molecule has 0 aliphatic rings. The maximum absolute atomic E-state index is 11.4. The summed E-state index contributed by atoms with van der Waals surface area (Å²) in [6.45, 7) is 6.02. The van der Waals surface area contributed by atoms with Gasteiger partial charge in [-0.2, -0.15) is 0 Å². The number of hydrogen-bond donors (Lipinski definition) is 1. The summed E-state index contributed by atoms with van der Waals surface area (Å²) in [6.07, 6.45) is 0.115. The number of nitrogens with one attached hydrogen (secondary N) is 1. The topological polar surface area (TPSA) is 47.6 Å². The first-order valence-corrected chi connectivity index (χ1v) is 5.98. The molecule has 2 unspecified atom stereocenters. The Hall–Kier alpha value is -1.55. The molecular weight excluding hydrogens is 230 g/mol. The van der Waals surface area contributed by atoms with Crippen molar-refractivity contribution >= 4 is 11.7 Å². The zero-order valence-corrected chi connectivity index (χ0v) is 11.6. The molecule has 2 atom stereocenters. The summed E-state index contributed by atoms with van der Waals surface area (Å²) in [5, 5.41) is 3.37. The van der Waals surface area contributed by atoms with Crippen LogP contribution in [0.4, 0.5) is 5.69 Å². The van der Waals surface area contributed by atoms with Crippen LogP contribution >= 0.6 is 0 Å². The summed E-state index contributed by atoms with van der Waals surface area (Å²) >= 11 is 0. The lowest BCUT2D eigenvalue weighted by Gasteiger charge is -2.22. The first-order valence-electron chi connectivity index (χ1n) is 5.98. The third-order valence-corrected chi connectivity index (χ3v) is 3.11. The Kier molecular flexibility index (Phi) is 5.16. The number of methoxy groups -OCH3 is 2. The molecule has 100 valence electrons. The Labute approximate surface area is 108 Å². The Morgan fingerprint density at radius 3 is 2.44 bits per heavy atom. The van der Waals surface area contributed by atoms with Gasteiger partial charge < -0.3 is 14.8 Å². The summed E-state index contributed by atoms with van der Waals surface area (Å²) < 4.78 is 9.96. The maximum atomic E-state index is 11.4. The standard InChI is InChI=1S/C14H21NO3/c1-9-8-12(14(16)18-5)6-7-13(9)15-10(2)11(3)17-4/h6-8,10-11,15H,1-5H3. The van der Waals surface area contributed by atoms with E-state index in [1.54, 1.807) is 13.2 Å². The quantitative estimate of drug-likeness (QED) is 0.817. The minimum atomic E-state index is -0.317. The third kappa shape index (κ3) is 3.47. The van der Waals surface area contributed by atoms with Crippen molar-refractivity contribution in [2.75, 3.05) is 19.5 Å². The molecule has 1 aromatic carbocycles. The monoisotopic (exact) mass is 251 g/mol. The molecule has 4 heteroatoms. The molecule has 0 radical (unpaired) electrons. The highest BCUT2D eigenvalue weighted by Crippen LogP contribution is 2.19. The third-order valence-electron chi connectivity index (χ3n) is 3.11. The molecule has 0 bridgehead atoms. The molecular formula is C14H21NO3. The first-order chi connectivity index (χ1) is 8.49. The van der Waals surface area contributed by atoms with Crippen molar-refractivity contribution in [2.45, 2.75) is 32.9 Å². The number of anilines is 1. The van der Waals surface area contributed by atoms with Gasteiger partial charge in [0.25, 0.3) is 0 Å². The van der Waals surface area contributed by atoms with Gasteiger partial charge in [-0.05, 0) is 44.5 Å². The van der Waals surface area contributed by atoms with Gasteiger partial charge in [0.1, 0.15) is 0 Å². The van der Waals surface area contributed by atoms with Gasteiger partial charge in [0.2, 0.25) is 0 Å². The van der Waals surface area contributed by atoms with Gasteiger partial charge in [-0.15, -0.1) is 0 Å². The Bertz CT molecular complexity index is 418. The molecule has 1 rings (SSSR count). The van der Waals surface area contributed by atoms with E-state index in [4.69, 9.17) is 4.74 Å². The van der Waals surface area contributed by atoms with Crippen LogP contribution in [0.25, 0.3) is 0 Å². The summed E-state index contributed by atoms with van der Waals surface area (Å²) in [5.74, 6) is -0.317. The van der Waals surface area contributed by atoms with Crippen molar-refractivity contribution in [3.63, 3.8) is 0 Å². The fourth-order valence-corrected chi connectivity index (χ4v) is 1.64. The van der Waals surface area contributed by atoms with Crippen LogP contribution in [0.1, 0.15) is 29.8 Å². The van der Waals surface area contributed by atoms with Crippen LogP contribution in [0.5, 0.6) is 0 Å². The van der Waals surface area contributed by atoms with Gasteiger partial charge in [0, 0.05) is 18.8 Å². The lowest BCUT2D eigenvalue weighted by molar-refractivity contribution is 0.0600. The second-order valence-electron chi connectivity index (χ2n) is 4.40. The minimum absolute atomic E-state index is 0.115. The van der Waals surface area contributed by atoms with Crippen LogP contribution in [0.2, 0.25) is 0 Å². The van der Waals surface area contributed by atoms with E-state index in [0.29, 0.717) is 5.56 Å². The highest BCUT2D eigenvalue weighted by Gasteiger charge is 2.13. The lowest BCUT2D eigenvalue weighted by atomic mass is 10.1. The van der Waals surface area contributed by atoms with Crippen molar-refractivity contribution in [3.05, 3.63) is 29.3 Å². The highest BCUT2D eigenvalue weighted by molar-refractivity contribution is 5.90. The molecule has 4 nitrogen and oxygen atoms in total. The molecule has 0 amide bonds. The molecule has 0 heterocycles. The van der Waals surface area contributed by atoms with Crippen molar-refractivity contribution in [1.82, 2.24) is 0 Å². The van der Waals surface area contributed by atoms with E-state index in [-0.39, 0.29) is 18.1 Å². The summed E-state index contributed by atoms with van der Waals surface area (Å²) in [7, 11) is 3.07. The Balaban J connectivity index is 2.83. The van der Waals surface area contributed by atoms with Gasteiger partial charge in [-0.25, -0.2) is 4.79 Å². The smallest absolute Gasteiger partial charge is 0.337 e. The molecule has 0 aliphatic carbocycles. The number of benzene rings is 1. The zero-order chi connectivity index (χ0) is 13.7. The fourth-order valence-electron chi connectivity index (χ4n) is 1.64. The second-order valence-corrected chi connectivity index (χ2v) is 4.40. The average Bonchev–Trinajstić information content (AvgIpc) is 2.38. The van der Waals surface area contributed by atoms with E-state index in [2.05, 4.69) is 17.0 Å². The van der Waals surface area contributed by atoms with E-state index in [9.17, 15) is 4.79 Å².